The molecule has 2 amide bonds. The second-order valence-electron chi connectivity index (χ2n) is 4.18. The van der Waals surface area contributed by atoms with E-state index in [0.29, 0.717) is 5.92 Å². The van der Waals surface area contributed by atoms with Crippen LogP contribution in [-0.4, -0.2) is 29.2 Å². The maximum absolute atomic E-state index is 11.5. The number of hydrogen-bond donors (Lipinski definition) is 3. The largest absolute Gasteiger partial charge is 0.481 e. The highest BCUT2D eigenvalue weighted by Gasteiger charge is 2.33. The zero-order valence-electron chi connectivity index (χ0n) is 9.40. The zero-order valence-corrected chi connectivity index (χ0v) is 9.40. The molecule has 1 aliphatic rings. The number of carbonyl (C=O) groups is 2. The van der Waals surface area contributed by atoms with E-state index in [9.17, 15) is 9.59 Å². The second kappa shape index (κ2) is 5.53. The highest BCUT2D eigenvalue weighted by molar-refractivity contribution is 5.76. The molecule has 0 aromatic carbocycles. The zero-order chi connectivity index (χ0) is 12.1. The van der Waals surface area contributed by atoms with Crippen molar-refractivity contribution in [2.24, 2.45) is 5.92 Å². The molecule has 2 unspecified atom stereocenters. The molecule has 0 aliphatic heterocycles. The minimum atomic E-state index is -0.881. The number of hydrogen-bond acceptors (Lipinski definition) is 2. The first-order valence-electron chi connectivity index (χ1n) is 5.44. The smallest absolute Gasteiger partial charge is 0.315 e. The normalized spacial score (nSPS) is 18.3. The lowest BCUT2D eigenvalue weighted by atomic mass is 10.1. The Kier molecular flexibility index (Phi) is 4.34. The molecule has 2 atom stereocenters. The maximum atomic E-state index is 11.5. The lowest BCUT2D eigenvalue weighted by molar-refractivity contribution is -0.137. The molecule has 0 saturated heterocycles. The number of carbonyl (C=O) groups excluding carboxylic acids is 1. The van der Waals surface area contributed by atoms with Gasteiger partial charge in [-0.2, -0.15) is 0 Å². The van der Waals surface area contributed by atoms with E-state index in [1.54, 1.807) is 13.0 Å². The Morgan fingerprint density at radius 3 is 2.56 bits per heavy atom. The van der Waals surface area contributed by atoms with Gasteiger partial charge in [0.25, 0.3) is 0 Å². The molecule has 5 nitrogen and oxygen atoms in total. The van der Waals surface area contributed by atoms with E-state index in [1.165, 1.54) is 0 Å². The third-order valence-corrected chi connectivity index (χ3v) is 2.61. The van der Waals surface area contributed by atoms with Gasteiger partial charge in [0.05, 0.1) is 6.42 Å². The van der Waals surface area contributed by atoms with E-state index in [-0.39, 0.29) is 24.5 Å². The Bertz CT molecular complexity index is 287. The van der Waals surface area contributed by atoms with Gasteiger partial charge < -0.3 is 15.7 Å². The van der Waals surface area contributed by atoms with Crippen molar-refractivity contribution in [1.29, 1.82) is 0 Å². The van der Waals surface area contributed by atoms with Gasteiger partial charge in [-0.25, -0.2) is 4.79 Å². The van der Waals surface area contributed by atoms with Gasteiger partial charge in [0.15, 0.2) is 0 Å². The minimum absolute atomic E-state index is 0.0133. The van der Waals surface area contributed by atoms with E-state index >= 15 is 0 Å². The van der Waals surface area contributed by atoms with Crippen molar-refractivity contribution in [3.05, 3.63) is 12.7 Å². The summed E-state index contributed by atoms with van der Waals surface area (Å²) in [5.41, 5.74) is 0. The lowest BCUT2D eigenvalue weighted by Crippen LogP contribution is -2.46. The van der Waals surface area contributed by atoms with Crippen LogP contribution in [0.3, 0.4) is 0 Å². The van der Waals surface area contributed by atoms with Gasteiger partial charge in [0.1, 0.15) is 0 Å². The summed E-state index contributed by atoms with van der Waals surface area (Å²) in [6.45, 7) is 5.35. The first-order valence-corrected chi connectivity index (χ1v) is 5.44. The Morgan fingerprint density at radius 1 is 1.50 bits per heavy atom. The molecule has 5 heteroatoms. The van der Waals surface area contributed by atoms with E-state index < -0.39 is 5.97 Å². The van der Waals surface area contributed by atoms with Gasteiger partial charge in [-0.1, -0.05) is 6.08 Å². The lowest BCUT2D eigenvalue weighted by Gasteiger charge is -2.18. The number of nitrogens with one attached hydrogen (secondary N) is 2. The molecule has 0 heterocycles. The van der Waals surface area contributed by atoms with Gasteiger partial charge in [0.2, 0.25) is 0 Å². The highest BCUT2D eigenvalue weighted by atomic mass is 16.4. The van der Waals surface area contributed by atoms with Gasteiger partial charge in [0, 0.05) is 12.1 Å². The fourth-order valence-corrected chi connectivity index (χ4v) is 1.50. The fourth-order valence-electron chi connectivity index (χ4n) is 1.50. The summed E-state index contributed by atoms with van der Waals surface area (Å²) in [6.07, 6.45) is 3.59. The quantitative estimate of drug-likeness (QED) is 0.594. The summed E-state index contributed by atoms with van der Waals surface area (Å²) in [7, 11) is 0. The van der Waals surface area contributed by atoms with Crippen molar-refractivity contribution in [1.82, 2.24) is 10.6 Å². The SMILES string of the molecule is C=CC(C)NC(=O)NC(CC(=O)O)C1CC1. The van der Waals surface area contributed by atoms with Crippen LogP contribution in [0.15, 0.2) is 12.7 Å². The summed E-state index contributed by atoms with van der Waals surface area (Å²) >= 11 is 0. The van der Waals surface area contributed by atoms with Crippen molar-refractivity contribution in [2.45, 2.75) is 38.3 Å². The Hall–Kier alpha value is -1.52. The number of carboxylic acid groups (broad SMARTS) is 1. The molecule has 1 rings (SSSR count). The minimum Gasteiger partial charge on any atom is -0.481 e. The Balaban J connectivity index is 2.38. The van der Waals surface area contributed by atoms with Crippen LogP contribution in [0.2, 0.25) is 0 Å². The molecular formula is C11H18N2O3. The van der Waals surface area contributed by atoms with Crippen LogP contribution in [0, 0.1) is 5.92 Å². The summed E-state index contributed by atoms with van der Waals surface area (Å²) in [5, 5.41) is 14.1. The number of aliphatic carboxylic acids is 1. The molecule has 16 heavy (non-hydrogen) atoms. The summed E-state index contributed by atoms with van der Waals surface area (Å²) < 4.78 is 0. The van der Waals surface area contributed by atoms with Crippen LogP contribution in [0.25, 0.3) is 0 Å². The molecule has 0 aromatic heterocycles. The first kappa shape index (κ1) is 12.5. The molecule has 3 N–H and O–H groups in total. The predicted molar refractivity (Wildman–Crippen MR) is 60.1 cm³/mol. The molecule has 0 bridgehead atoms. The van der Waals surface area contributed by atoms with Crippen molar-refractivity contribution in [3.63, 3.8) is 0 Å². The third kappa shape index (κ3) is 4.33. The highest BCUT2D eigenvalue weighted by Crippen LogP contribution is 2.33. The number of carboxylic acids is 1. The monoisotopic (exact) mass is 226 g/mol. The van der Waals surface area contributed by atoms with Gasteiger partial charge in [-0.05, 0) is 25.7 Å². The average Bonchev–Trinajstić information content (AvgIpc) is 2.98. The van der Waals surface area contributed by atoms with E-state index in [0.717, 1.165) is 12.8 Å². The van der Waals surface area contributed by atoms with Crippen molar-refractivity contribution >= 4 is 12.0 Å². The van der Waals surface area contributed by atoms with E-state index in [4.69, 9.17) is 5.11 Å². The standard InChI is InChI=1S/C11H18N2O3/c1-3-7(2)12-11(16)13-9(6-10(14)15)8-4-5-8/h3,7-9H,1,4-6H2,2H3,(H,14,15)(H2,12,13,16). The molecule has 1 fully saturated rings. The van der Waals surface area contributed by atoms with Crippen LogP contribution in [0.5, 0.6) is 0 Å². The topological polar surface area (TPSA) is 78.4 Å². The summed E-state index contributed by atoms with van der Waals surface area (Å²) in [5.74, 6) is -0.560. The van der Waals surface area contributed by atoms with Crippen LogP contribution < -0.4 is 10.6 Å². The number of urea groups is 1. The van der Waals surface area contributed by atoms with Crippen molar-refractivity contribution in [2.75, 3.05) is 0 Å². The van der Waals surface area contributed by atoms with E-state index in [1.807, 2.05) is 0 Å². The molecule has 1 aliphatic carbocycles. The van der Waals surface area contributed by atoms with Gasteiger partial charge in [-0.3, -0.25) is 4.79 Å². The van der Waals surface area contributed by atoms with Crippen LogP contribution in [0.4, 0.5) is 4.79 Å². The van der Waals surface area contributed by atoms with Crippen molar-refractivity contribution < 1.29 is 14.7 Å². The number of amides is 2. The number of rotatable bonds is 6. The van der Waals surface area contributed by atoms with Gasteiger partial charge in [-0.15, -0.1) is 6.58 Å². The molecule has 0 radical (unpaired) electrons. The first-order chi connectivity index (χ1) is 7.52. The predicted octanol–water partition coefficient (Wildman–Crippen LogP) is 1.11. The van der Waals surface area contributed by atoms with Crippen molar-refractivity contribution in [3.8, 4) is 0 Å². The third-order valence-electron chi connectivity index (χ3n) is 2.61. The molecule has 1 saturated carbocycles. The van der Waals surface area contributed by atoms with Gasteiger partial charge >= 0.3 is 12.0 Å². The fraction of sp³-hybridized carbons (Fsp3) is 0.636. The van der Waals surface area contributed by atoms with Crippen LogP contribution in [-0.2, 0) is 4.79 Å². The molecule has 0 spiro atoms. The Morgan fingerprint density at radius 2 is 2.12 bits per heavy atom. The molecular weight excluding hydrogens is 208 g/mol. The van der Waals surface area contributed by atoms with Crippen LogP contribution >= 0.6 is 0 Å². The van der Waals surface area contributed by atoms with E-state index in [2.05, 4.69) is 17.2 Å². The summed E-state index contributed by atoms with van der Waals surface area (Å²) in [4.78, 5) is 22.1. The maximum Gasteiger partial charge on any atom is 0.315 e. The average molecular weight is 226 g/mol. The molecule has 90 valence electrons. The second-order valence-corrected chi connectivity index (χ2v) is 4.18. The summed E-state index contributed by atoms with van der Waals surface area (Å²) in [6, 6.07) is -0.704. The van der Waals surface area contributed by atoms with Crippen LogP contribution in [0.1, 0.15) is 26.2 Å². The molecule has 0 aromatic rings. The Labute approximate surface area is 94.9 Å².